The highest BCUT2D eigenvalue weighted by molar-refractivity contribution is 5.94. The fraction of sp³-hybridized carbons (Fsp3) is 0.500. The Balaban J connectivity index is 2.23. The number of nitrogens with zero attached hydrogens (tertiary/aromatic N) is 1. The molecule has 1 aromatic carbocycles. The first-order chi connectivity index (χ1) is 9.87. The Morgan fingerprint density at radius 1 is 1.33 bits per heavy atom. The summed E-state index contributed by atoms with van der Waals surface area (Å²) < 4.78 is 38.3. The summed E-state index contributed by atoms with van der Waals surface area (Å²) >= 11 is 0. The maximum atomic E-state index is 12.8. The number of carbonyl (C=O) groups is 1. The van der Waals surface area contributed by atoms with Crippen molar-refractivity contribution in [1.82, 2.24) is 10.2 Å². The number of aromatic hydroxyl groups is 1. The largest absolute Gasteiger partial charge is 0.508 e. The summed E-state index contributed by atoms with van der Waals surface area (Å²) in [4.78, 5) is 13.2. The van der Waals surface area contributed by atoms with E-state index in [1.54, 1.807) is 0 Å². The molecule has 0 unspecified atom stereocenters. The van der Waals surface area contributed by atoms with Gasteiger partial charge >= 0.3 is 6.18 Å². The number of halogens is 3. The van der Waals surface area contributed by atoms with Crippen LogP contribution in [0.2, 0.25) is 0 Å². The fourth-order valence-corrected chi connectivity index (χ4v) is 2.48. The molecule has 7 heteroatoms. The molecule has 0 bridgehead atoms. The van der Waals surface area contributed by atoms with Crippen molar-refractivity contribution in [2.45, 2.75) is 25.1 Å². The van der Waals surface area contributed by atoms with Crippen molar-refractivity contribution < 1.29 is 23.1 Å². The Morgan fingerprint density at radius 2 is 2.00 bits per heavy atom. The Kier molecular flexibility index (Phi) is 4.72. The minimum absolute atomic E-state index is 0.0674. The average molecular weight is 302 g/mol. The molecule has 1 aliphatic heterocycles. The van der Waals surface area contributed by atoms with E-state index in [0.717, 1.165) is 4.90 Å². The highest BCUT2D eigenvalue weighted by Crippen LogP contribution is 2.24. The summed E-state index contributed by atoms with van der Waals surface area (Å²) in [5.74, 6) is -0.840. The number of piperidine rings is 1. The van der Waals surface area contributed by atoms with E-state index in [0.29, 0.717) is 25.9 Å². The van der Waals surface area contributed by atoms with Gasteiger partial charge in [0.15, 0.2) is 0 Å². The van der Waals surface area contributed by atoms with Crippen molar-refractivity contribution >= 4 is 5.91 Å². The second kappa shape index (κ2) is 6.34. The van der Waals surface area contributed by atoms with Gasteiger partial charge in [-0.2, -0.15) is 13.2 Å². The molecule has 0 atom stereocenters. The Morgan fingerprint density at radius 3 is 2.57 bits per heavy atom. The zero-order valence-corrected chi connectivity index (χ0v) is 11.4. The molecule has 0 aliphatic carbocycles. The van der Waals surface area contributed by atoms with Crippen molar-refractivity contribution in [2.24, 2.45) is 0 Å². The first-order valence-corrected chi connectivity index (χ1v) is 6.74. The van der Waals surface area contributed by atoms with Gasteiger partial charge in [-0.3, -0.25) is 4.79 Å². The normalized spacial score (nSPS) is 16.7. The minimum Gasteiger partial charge on any atom is -0.508 e. The number of alkyl halides is 3. The number of hydrogen-bond acceptors (Lipinski definition) is 3. The monoisotopic (exact) mass is 302 g/mol. The third kappa shape index (κ3) is 4.35. The van der Waals surface area contributed by atoms with Crippen LogP contribution in [0, 0.1) is 0 Å². The van der Waals surface area contributed by atoms with Crippen LogP contribution in [-0.4, -0.2) is 47.8 Å². The number of amides is 1. The third-order valence-corrected chi connectivity index (χ3v) is 3.45. The van der Waals surface area contributed by atoms with Gasteiger partial charge in [-0.15, -0.1) is 0 Å². The van der Waals surface area contributed by atoms with E-state index in [-0.39, 0.29) is 11.3 Å². The lowest BCUT2D eigenvalue weighted by atomic mass is 10.0. The maximum Gasteiger partial charge on any atom is 0.406 e. The molecule has 1 heterocycles. The topological polar surface area (TPSA) is 52.6 Å². The number of benzene rings is 1. The highest BCUT2D eigenvalue weighted by Gasteiger charge is 2.37. The molecule has 4 nitrogen and oxygen atoms in total. The predicted octanol–water partition coefficient (Wildman–Crippen LogP) is 2.15. The fourth-order valence-electron chi connectivity index (χ4n) is 2.48. The van der Waals surface area contributed by atoms with Crippen molar-refractivity contribution in [3.63, 3.8) is 0 Å². The SMILES string of the molecule is O=C(c1cccc(O)c1)N(CC(F)(F)F)C1CCNCC1. The van der Waals surface area contributed by atoms with Gasteiger partial charge in [0.2, 0.25) is 0 Å². The van der Waals surface area contributed by atoms with Crippen LogP contribution in [0.1, 0.15) is 23.2 Å². The molecule has 0 aromatic heterocycles. The van der Waals surface area contributed by atoms with Gasteiger partial charge in [0.05, 0.1) is 0 Å². The number of hydrogen-bond donors (Lipinski definition) is 2. The third-order valence-electron chi connectivity index (χ3n) is 3.45. The molecule has 1 aliphatic rings. The zero-order valence-electron chi connectivity index (χ0n) is 11.4. The number of rotatable bonds is 3. The van der Waals surface area contributed by atoms with Crippen LogP contribution in [0.3, 0.4) is 0 Å². The molecule has 1 fully saturated rings. The van der Waals surface area contributed by atoms with E-state index in [1.807, 2.05) is 0 Å². The van der Waals surface area contributed by atoms with Gasteiger partial charge in [0, 0.05) is 11.6 Å². The summed E-state index contributed by atoms with van der Waals surface area (Å²) in [7, 11) is 0. The van der Waals surface area contributed by atoms with E-state index in [9.17, 15) is 23.1 Å². The van der Waals surface area contributed by atoms with E-state index in [2.05, 4.69) is 5.32 Å². The standard InChI is InChI=1S/C14H17F3N2O2/c15-14(16,17)9-19(11-4-6-18-7-5-11)13(21)10-2-1-3-12(20)8-10/h1-3,8,11,18,20H,4-7,9H2. The van der Waals surface area contributed by atoms with E-state index >= 15 is 0 Å². The minimum atomic E-state index is -4.45. The van der Waals surface area contributed by atoms with E-state index in [4.69, 9.17) is 0 Å². The van der Waals surface area contributed by atoms with Gasteiger partial charge < -0.3 is 15.3 Å². The summed E-state index contributed by atoms with van der Waals surface area (Å²) in [6.07, 6.45) is -3.47. The Hall–Kier alpha value is -1.76. The molecule has 0 spiro atoms. The van der Waals surface area contributed by atoms with Crippen LogP contribution in [0.4, 0.5) is 13.2 Å². The van der Waals surface area contributed by atoms with Gasteiger partial charge in [-0.05, 0) is 44.1 Å². The number of phenolic OH excluding ortho intramolecular Hbond substituents is 1. The summed E-state index contributed by atoms with van der Waals surface area (Å²) in [5.41, 5.74) is 0.0674. The second-order valence-electron chi connectivity index (χ2n) is 5.08. The Labute approximate surface area is 120 Å². The average Bonchev–Trinajstić information content (AvgIpc) is 2.44. The first kappa shape index (κ1) is 15.6. The molecule has 2 rings (SSSR count). The highest BCUT2D eigenvalue weighted by atomic mass is 19.4. The molecule has 1 amide bonds. The lowest BCUT2D eigenvalue weighted by molar-refractivity contribution is -0.145. The number of carbonyl (C=O) groups excluding carboxylic acids is 1. The lowest BCUT2D eigenvalue weighted by Gasteiger charge is -2.35. The van der Waals surface area contributed by atoms with Crippen molar-refractivity contribution in [1.29, 1.82) is 0 Å². The summed E-state index contributed by atoms with van der Waals surface area (Å²) in [6.45, 7) is -0.0924. The van der Waals surface area contributed by atoms with Gasteiger partial charge in [0.1, 0.15) is 12.3 Å². The summed E-state index contributed by atoms with van der Waals surface area (Å²) in [6, 6.07) is 4.97. The first-order valence-electron chi connectivity index (χ1n) is 6.74. The predicted molar refractivity (Wildman–Crippen MR) is 71.1 cm³/mol. The Bertz CT molecular complexity index is 499. The van der Waals surface area contributed by atoms with Crippen molar-refractivity contribution in [3.8, 4) is 5.75 Å². The van der Waals surface area contributed by atoms with Crippen LogP contribution in [0.5, 0.6) is 5.75 Å². The smallest absolute Gasteiger partial charge is 0.406 e. The second-order valence-corrected chi connectivity index (χ2v) is 5.08. The number of nitrogens with one attached hydrogen (secondary N) is 1. The molecule has 2 N–H and O–H groups in total. The van der Waals surface area contributed by atoms with Crippen LogP contribution in [-0.2, 0) is 0 Å². The molecule has 1 aromatic rings. The van der Waals surface area contributed by atoms with Gasteiger partial charge in [0.25, 0.3) is 5.91 Å². The molecule has 0 saturated carbocycles. The van der Waals surface area contributed by atoms with E-state index < -0.39 is 24.7 Å². The van der Waals surface area contributed by atoms with Crippen LogP contribution >= 0.6 is 0 Å². The molecule has 21 heavy (non-hydrogen) atoms. The number of phenols is 1. The van der Waals surface area contributed by atoms with Crippen molar-refractivity contribution in [3.05, 3.63) is 29.8 Å². The maximum absolute atomic E-state index is 12.8. The summed E-state index contributed by atoms with van der Waals surface area (Å²) in [5, 5.41) is 12.4. The zero-order chi connectivity index (χ0) is 15.5. The molecule has 116 valence electrons. The van der Waals surface area contributed by atoms with E-state index in [1.165, 1.54) is 24.3 Å². The molecule has 1 saturated heterocycles. The molecular formula is C14H17F3N2O2. The van der Waals surface area contributed by atoms with Crippen molar-refractivity contribution in [2.75, 3.05) is 19.6 Å². The van der Waals surface area contributed by atoms with Gasteiger partial charge in [-0.25, -0.2) is 0 Å². The quantitative estimate of drug-likeness (QED) is 0.899. The van der Waals surface area contributed by atoms with Crippen LogP contribution in [0.25, 0.3) is 0 Å². The van der Waals surface area contributed by atoms with Crippen LogP contribution in [0.15, 0.2) is 24.3 Å². The van der Waals surface area contributed by atoms with Gasteiger partial charge in [-0.1, -0.05) is 6.07 Å². The molecule has 0 radical (unpaired) electrons. The lowest BCUT2D eigenvalue weighted by Crippen LogP contribution is -2.49. The molecular weight excluding hydrogens is 285 g/mol. The van der Waals surface area contributed by atoms with Crippen LogP contribution < -0.4 is 5.32 Å².